The molecule has 2 fully saturated rings. The average Bonchev–Trinajstić information content (AvgIpc) is 3.29. The Balaban J connectivity index is 1.31. The smallest absolute Gasteiger partial charge is 0.198 e. The highest BCUT2D eigenvalue weighted by Gasteiger charge is 2.35. The number of piperidine rings is 2. The minimum Gasteiger partial charge on any atom is -0.493 e. The number of nitrogens with zero attached hydrogens (tertiary/aromatic N) is 2. The van der Waals surface area contributed by atoms with E-state index in [2.05, 4.69) is 16.7 Å². The van der Waals surface area contributed by atoms with Crippen LogP contribution in [0.15, 0.2) is 30.3 Å². The lowest BCUT2D eigenvalue weighted by atomic mass is 10.0. The topological polar surface area (TPSA) is 51.2 Å². The summed E-state index contributed by atoms with van der Waals surface area (Å²) >= 11 is 0. The molecule has 6 nitrogen and oxygen atoms in total. The van der Waals surface area contributed by atoms with Crippen molar-refractivity contribution in [2.45, 2.75) is 71.1 Å². The van der Waals surface area contributed by atoms with Crippen LogP contribution in [0.1, 0.15) is 87.1 Å². The fraction of sp³-hybridized carbons (Fsp3) is 0.606. The Labute approximate surface area is 234 Å². The van der Waals surface area contributed by atoms with Crippen molar-refractivity contribution in [1.82, 2.24) is 9.80 Å². The van der Waals surface area contributed by atoms with Gasteiger partial charge in [-0.15, -0.1) is 0 Å². The molecule has 0 N–H and O–H groups in total. The molecule has 0 atom stereocenters. The zero-order valence-corrected chi connectivity index (χ0v) is 23.8. The fourth-order valence-corrected chi connectivity index (χ4v) is 6.14. The van der Waals surface area contributed by atoms with Crippen molar-refractivity contribution >= 4 is 5.78 Å². The van der Waals surface area contributed by atoms with Crippen LogP contribution in [0.4, 0.5) is 0 Å². The molecule has 0 amide bonds. The summed E-state index contributed by atoms with van der Waals surface area (Å²) in [6.45, 7) is 10.9. The van der Waals surface area contributed by atoms with Crippen LogP contribution in [-0.4, -0.2) is 74.7 Å². The number of hydrogen-bond acceptors (Lipinski definition) is 6. The molecule has 0 bridgehead atoms. The highest BCUT2D eigenvalue weighted by Crippen LogP contribution is 2.50. The standard InChI is InChI=1S/C33H46N2O4/c1-2-3-23-37-28-15-16-29(39-25-12-22-35-19-8-5-9-20-35)32-31(28)30-26(33(32)36)13-10-14-27(30)38-24-11-21-34-17-6-4-7-18-34/h10,13-16H,2-9,11-12,17-25H2,1H3. The number of carbonyl (C=O) groups excluding carboxylic acids is 1. The highest BCUT2D eigenvalue weighted by molar-refractivity contribution is 6.25. The number of hydrogen-bond donors (Lipinski definition) is 0. The van der Waals surface area contributed by atoms with E-state index in [1.54, 1.807) is 0 Å². The van der Waals surface area contributed by atoms with E-state index in [1.807, 2.05) is 30.3 Å². The van der Waals surface area contributed by atoms with Gasteiger partial charge in [0.05, 0.1) is 25.4 Å². The van der Waals surface area contributed by atoms with Crippen molar-refractivity contribution in [1.29, 1.82) is 0 Å². The number of benzene rings is 2. The first-order chi connectivity index (χ1) is 19.3. The monoisotopic (exact) mass is 534 g/mol. The number of rotatable bonds is 14. The predicted octanol–water partition coefficient (Wildman–Crippen LogP) is 6.59. The third-order valence-electron chi connectivity index (χ3n) is 8.28. The summed E-state index contributed by atoms with van der Waals surface area (Å²) in [6, 6.07) is 9.73. The van der Waals surface area contributed by atoms with Gasteiger partial charge in [0.15, 0.2) is 5.78 Å². The van der Waals surface area contributed by atoms with Gasteiger partial charge in [0.1, 0.15) is 17.2 Å². The van der Waals surface area contributed by atoms with Gasteiger partial charge >= 0.3 is 0 Å². The van der Waals surface area contributed by atoms with E-state index in [4.69, 9.17) is 14.2 Å². The maximum absolute atomic E-state index is 13.8. The summed E-state index contributed by atoms with van der Waals surface area (Å²) in [4.78, 5) is 18.8. The quantitative estimate of drug-likeness (QED) is 0.218. The van der Waals surface area contributed by atoms with Crippen LogP contribution in [-0.2, 0) is 0 Å². The second-order valence-electron chi connectivity index (χ2n) is 11.2. The Kier molecular flexibility index (Phi) is 10.2. The highest BCUT2D eigenvalue weighted by atomic mass is 16.5. The summed E-state index contributed by atoms with van der Waals surface area (Å²) < 4.78 is 18.9. The van der Waals surface area contributed by atoms with Crippen LogP contribution in [0.25, 0.3) is 11.1 Å². The van der Waals surface area contributed by atoms with Crippen molar-refractivity contribution in [3.05, 3.63) is 41.5 Å². The number of ether oxygens (including phenoxy) is 3. The first-order valence-electron chi connectivity index (χ1n) is 15.4. The molecule has 39 heavy (non-hydrogen) atoms. The number of unbranched alkanes of at least 4 members (excludes halogenated alkanes) is 1. The minimum atomic E-state index is 0.00531. The third kappa shape index (κ3) is 6.96. The third-order valence-corrected chi connectivity index (χ3v) is 8.28. The summed E-state index contributed by atoms with van der Waals surface area (Å²) in [5.74, 6) is 2.17. The Morgan fingerprint density at radius 3 is 1.69 bits per heavy atom. The summed E-state index contributed by atoms with van der Waals surface area (Å²) in [5.41, 5.74) is 3.01. The average molecular weight is 535 g/mol. The Bertz CT molecular complexity index is 1090. The molecule has 2 aliphatic heterocycles. The van der Waals surface area contributed by atoms with E-state index in [-0.39, 0.29) is 5.78 Å². The second-order valence-corrected chi connectivity index (χ2v) is 11.2. The normalized spacial score (nSPS) is 17.6. The van der Waals surface area contributed by atoms with E-state index in [1.165, 1.54) is 64.7 Å². The van der Waals surface area contributed by atoms with E-state index in [0.29, 0.717) is 36.7 Å². The van der Waals surface area contributed by atoms with Gasteiger partial charge in [-0.05, 0) is 89.3 Å². The molecule has 2 saturated heterocycles. The van der Waals surface area contributed by atoms with Crippen molar-refractivity contribution in [2.75, 3.05) is 59.1 Å². The molecular weight excluding hydrogens is 488 g/mol. The maximum Gasteiger partial charge on any atom is 0.198 e. The van der Waals surface area contributed by atoms with E-state index in [0.717, 1.165) is 61.4 Å². The van der Waals surface area contributed by atoms with Gasteiger partial charge in [-0.2, -0.15) is 0 Å². The number of likely N-dealkylation sites (tertiary alicyclic amines) is 2. The molecule has 2 aromatic carbocycles. The Morgan fingerprint density at radius 2 is 1.13 bits per heavy atom. The van der Waals surface area contributed by atoms with Crippen LogP contribution in [0.5, 0.6) is 17.2 Å². The number of carbonyl (C=O) groups is 1. The molecular formula is C33H46N2O4. The van der Waals surface area contributed by atoms with Crippen molar-refractivity contribution in [3.63, 3.8) is 0 Å². The number of fused-ring (bicyclic) bond motifs is 3. The van der Waals surface area contributed by atoms with Gasteiger partial charge < -0.3 is 24.0 Å². The molecule has 2 aromatic rings. The molecule has 1 aliphatic carbocycles. The molecule has 3 aliphatic rings. The lowest BCUT2D eigenvalue weighted by Crippen LogP contribution is -2.31. The van der Waals surface area contributed by atoms with Gasteiger partial charge in [0.25, 0.3) is 0 Å². The SMILES string of the molecule is CCCCOc1ccc(OCCCN2CCCCC2)c2c1-c1c(OCCCN3CCCCC3)cccc1C2=O. The van der Waals surface area contributed by atoms with Crippen LogP contribution < -0.4 is 14.2 Å². The first kappa shape index (κ1) is 28.0. The zero-order chi connectivity index (χ0) is 26.9. The molecule has 0 aromatic heterocycles. The fourth-order valence-electron chi connectivity index (χ4n) is 6.14. The van der Waals surface area contributed by atoms with E-state index >= 15 is 0 Å². The maximum atomic E-state index is 13.8. The van der Waals surface area contributed by atoms with Gasteiger partial charge in [-0.25, -0.2) is 0 Å². The second kappa shape index (κ2) is 14.2. The molecule has 6 heteroatoms. The van der Waals surface area contributed by atoms with Gasteiger partial charge in [-0.3, -0.25) is 4.79 Å². The molecule has 0 radical (unpaired) electrons. The molecule has 0 unspecified atom stereocenters. The van der Waals surface area contributed by atoms with Gasteiger partial charge in [0, 0.05) is 29.8 Å². The van der Waals surface area contributed by atoms with Crippen LogP contribution >= 0.6 is 0 Å². The van der Waals surface area contributed by atoms with Crippen molar-refractivity contribution < 1.29 is 19.0 Å². The Morgan fingerprint density at radius 1 is 0.615 bits per heavy atom. The summed E-state index contributed by atoms with van der Waals surface area (Å²) in [6.07, 6.45) is 11.8. The largest absolute Gasteiger partial charge is 0.493 e. The molecule has 0 spiro atoms. The summed E-state index contributed by atoms with van der Waals surface area (Å²) in [7, 11) is 0. The first-order valence-corrected chi connectivity index (χ1v) is 15.4. The summed E-state index contributed by atoms with van der Waals surface area (Å²) in [5, 5.41) is 0. The minimum absolute atomic E-state index is 0.00531. The van der Waals surface area contributed by atoms with Crippen LogP contribution in [0.2, 0.25) is 0 Å². The van der Waals surface area contributed by atoms with E-state index < -0.39 is 0 Å². The van der Waals surface area contributed by atoms with Crippen molar-refractivity contribution in [3.8, 4) is 28.4 Å². The van der Waals surface area contributed by atoms with Gasteiger partial charge in [-0.1, -0.05) is 38.3 Å². The zero-order valence-electron chi connectivity index (χ0n) is 23.8. The lowest BCUT2D eigenvalue weighted by Gasteiger charge is -2.26. The Hall–Kier alpha value is -2.57. The molecule has 2 heterocycles. The van der Waals surface area contributed by atoms with E-state index in [9.17, 15) is 4.79 Å². The van der Waals surface area contributed by atoms with Crippen LogP contribution in [0, 0.1) is 0 Å². The number of ketones is 1. The molecule has 212 valence electrons. The molecule has 5 rings (SSSR count). The molecule has 0 saturated carbocycles. The van der Waals surface area contributed by atoms with Crippen LogP contribution in [0.3, 0.4) is 0 Å². The van der Waals surface area contributed by atoms with Crippen molar-refractivity contribution in [2.24, 2.45) is 0 Å². The van der Waals surface area contributed by atoms with Gasteiger partial charge in [0.2, 0.25) is 0 Å². The lowest BCUT2D eigenvalue weighted by molar-refractivity contribution is 0.103. The predicted molar refractivity (Wildman–Crippen MR) is 157 cm³/mol.